The summed E-state index contributed by atoms with van der Waals surface area (Å²) in [6.07, 6.45) is 3.46. The van der Waals surface area contributed by atoms with E-state index in [1.54, 1.807) is 12.5 Å². The lowest BCUT2D eigenvalue weighted by atomic mass is 10.1. The van der Waals surface area contributed by atoms with E-state index in [1.165, 1.54) is 33.0 Å². The number of alkyl halides is 2. The topological polar surface area (TPSA) is 26.3 Å². The van der Waals surface area contributed by atoms with E-state index in [4.69, 9.17) is 8.83 Å². The second-order valence-electron chi connectivity index (χ2n) is 5.66. The molecule has 2 heterocycles. The predicted octanol–water partition coefficient (Wildman–Crippen LogP) is 7.27. The maximum absolute atomic E-state index is 5.39. The largest absolute Gasteiger partial charge is 0.464 e. The number of hydrogen-bond acceptors (Lipinski definition) is 2. The fourth-order valence-electron chi connectivity index (χ4n) is 2.72. The van der Waals surface area contributed by atoms with Crippen LogP contribution < -0.4 is 0 Å². The summed E-state index contributed by atoms with van der Waals surface area (Å²) in [5, 5.41) is 4.09. The standard InChI is InChI=1S/2C10H9BrO/c1-7-9(6-11)3-2-8-4-5-12-10(7)8;1-7-2-3-8-4-5-12-10(8)9(7)6-11/h2*2-5H,6H2,1H3. The molecule has 0 saturated carbocycles. The number of benzene rings is 2. The van der Waals surface area contributed by atoms with Gasteiger partial charge in [-0.1, -0.05) is 56.1 Å². The molecule has 2 nitrogen and oxygen atoms in total. The van der Waals surface area contributed by atoms with Gasteiger partial charge in [0.25, 0.3) is 0 Å². The minimum atomic E-state index is 0.851. The Morgan fingerprint density at radius 3 is 2.04 bits per heavy atom. The molecule has 0 aliphatic carbocycles. The van der Waals surface area contributed by atoms with Crippen LogP contribution in [-0.4, -0.2) is 0 Å². The van der Waals surface area contributed by atoms with Crippen molar-refractivity contribution in [2.75, 3.05) is 0 Å². The first kappa shape index (κ1) is 17.3. The zero-order valence-electron chi connectivity index (χ0n) is 13.6. The molecule has 124 valence electrons. The van der Waals surface area contributed by atoms with Gasteiger partial charge in [-0.15, -0.1) is 0 Å². The third kappa shape index (κ3) is 3.31. The fourth-order valence-corrected chi connectivity index (χ4v) is 4.02. The Labute approximate surface area is 158 Å². The highest BCUT2D eigenvalue weighted by Crippen LogP contribution is 2.25. The Hall–Kier alpha value is -1.52. The van der Waals surface area contributed by atoms with Crippen LogP contribution in [0, 0.1) is 13.8 Å². The summed E-state index contributed by atoms with van der Waals surface area (Å²) < 4.78 is 10.8. The zero-order chi connectivity index (χ0) is 17.1. The first-order valence-electron chi connectivity index (χ1n) is 7.69. The van der Waals surface area contributed by atoms with Gasteiger partial charge in [-0.3, -0.25) is 0 Å². The van der Waals surface area contributed by atoms with Gasteiger partial charge in [0.05, 0.1) is 12.5 Å². The maximum Gasteiger partial charge on any atom is 0.138 e. The Kier molecular flexibility index (Phi) is 5.47. The minimum absolute atomic E-state index is 0.851. The maximum atomic E-state index is 5.39. The molecule has 0 amide bonds. The molecular weight excluding hydrogens is 432 g/mol. The summed E-state index contributed by atoms with van der Waals surface area (Å²) in [4.78, 5) is 0. The van der Waals surface area contributed by atoms with E-state index in [9.17, 15) is 0 Å². The number of rotatable bonds is 2. The van der Waals surface area contributed by atoms with Gasteiger partial charge in [-0.2, -0.15) is 0 Å². The average molecular weight is 450 g/mol. The van der Waals surface area contributed by atoms with Crippen molar-refractivity contribution >= 4 is 53.8 Å². The second-order valence-corrected chi connectivity index (χ2v) is 6.78. The Morgan fingerprint density at radius 1 is 0.750 bits per heavy atom. The molecule has 0 bridgehead atoms. The number of hydrogen-bond donors (Lipinski definition) is 0. The van der Waals surface area contributed by atoms with Crippen LogP contribution in [0.1, 0.15) is 22.3 Å². The van der Waals surface area contributed by atoms with Gasteiger partial charge >= 0.3 is 0 Å². The molecule has 24 heavy (non-hydrogen) atoms. The van der Waals surface area contributed by atoms with Crippen molar-refractivity contribution in [3.63, 3.8) is 0 Å². The Morgan fingerprint density at radius 2 is 1.38 bits per heavy atom. The van der Waals surface area contributed by atoms with Crippen molar-refractivity contribution < 1.29 is 8.83 Å². The first-order valence-corrected chi connectivity index (χ1v) is 9.93. The van der Waals surface area contributed by atoms with E-state index in [0.717, 1.165) is 21.8 Å². The van der Waals surface area contributed by atoms with Crippen molar-refractivity contribution in [3.05, 3.63) is 71.2 Å². The molecule has 0 saturated heterocycles. The first-order chi connectivity index (χ1) is 11.7. The normalized spacial score (nSPS) is 10.8. The van der Waals surface area contributed by atoms with Crippen molar-refractivity contribution in [2.45, 2.75) is 24.5 Å². The fraction of sp³-hybridized carbons (Fsp3) is 0.200. The quantitative estimate of drug-likeness (QED) is 0.300. The van der Waals surface area contributed by atoms with Crippen LogP contribution in [-0.2, 0) is 10.7 Å². The highest BCUT2D eigenvalue weighted by atomic mass is 79.9. The van der Waals surface area contributed by atoms with Crippen LogP contribution in [0.2, 0.25) is 0 Å². The van der Waals surface area contributed by atoms with Crippen molar-refractivity contribution in [2.24, 2.45) is 0 Å². The van der Waals surface area contributed by atoms with E-state index < -0.39 is 0 Å². The minimum Gasteiger partial charge on any atom is -0.464 e. The number of fused-ring (bicyclic) bond motifs is 2. The molecule has 0 N–H and O–H groups in total. The number of halogens is 2. The van der Waals surface area contributed by atoms with Crippen molar-refractivity contribution in [1.29, 1.82) is 0 Å². The monoisotopic (exact) mass is 448 g/mol. The molecule has 0 unspecified atom stereocenters. The highest BCUT2D eigenvalue weighted by molar-refractivity contribution is 9.08. The second kappa shape index (κ2) is 7.58. The van der Waals surface area contributed by atoms with E-state index in [-0.39, 0.29) is 0 Å². The Bertz CT molecular complexity index is 966. The van der Waals surface area contributed by atoms with Crippen LogP contribution in [0.3, 0.4) is 0 Å². The smallest absolute Gasteiger partial charge is 0.138 e. The molecule has 0 aliphatic heterocycles. The highest BCUT2D eigenvalue weighted by Gasteiger charge is 2.05. The van der Waals surface area contributed by atoms with Gasteiger partial charge in [0, 0.05) is 27.0 Å². The molecular formula is C20H18Br2O2. The SMILES string of the molecule is Cc1c(CBr)ccc2ccoc12.Cc1ccc2ccoc2c1CBr. The summed E-state index contributed by atoms with van der Waals surface area (Å²) in [7, 11) is 0. The molecule has 4 aromatic rings. The van der Waals surface area contributed by atoms with Crippen molar-refractivity contribution in [1.82, 2.24) is 0 Å². The lowest BCUT2D eigenvalue weighted by molar-refractivity contribution is 0.612. The molecule has 2 aromatic carbocycles. The molecule has 0 atom stereocenters. The molecule has 0 spiro atoms. The lowest BCUT2D eigenvalue weighted by Crippen LogP contribution is -1.83. The lowest BCUT2D eigenvalue weighted by Gasteiger charge is -2.01. The van der Waals surface area contributed by atoms with Gasteiger partial charge < -0.3 is 8.83 Å². The molecule has 2 aromatic heterocycles. The van der Waals surface area contributed by atoms with Crippen LogP contribution >= 0.6 is 31.9 Å². The van der Waals surface area contributed by atoms with E-state index in [1.807, 2.05) is 12.1 Å². The van der Waals surface area contributed by atoms with E-state index >= 15 is 0 Å². The third-order valence-corrected chi connectivity index (χ3v) is 5.38. The average Bonchev–Trinajstić information content (AvgIpc) is 3.25. The summed E-state index contributed by atoms with van der Waals surface area (Å²) in [5.74, 6) is 0. The molecule has 4 heteroatoms. The summed E-state index contributed by atoms with van der Waals surface area (Å²) >= 11 is 6.89. The molecule has 0 radical (unpaired) electrons. The number of aryl methyl sites for hydroxylation is 2. The zero-order valence-corrected chi connectivity index (χ0v) is 16.8. The van der Waals surface area contributed by atoms with Crippen LogP contribution in [0.25, 0.3) is 21.9 Å². The predicted molar refractivity (Wildman–Crippen MR) is 107 cm³/mol. The molecule has 0 fully saturated rings. The van der Waals surface area contributed by atoms with Gasteiger partial charge in [-0.25, -0.2) is 0 Å². The van der Waals surface area contributed by atoms with Gasteiger partial charge in [-0.05, 0) is 42.7 Å². The Balaban J connectivity index is 0.000000141. The number of furan rings is 2. The van der Waals surface area contributed by atoms with E-state index in [2.05, 4.69) is 70.0 Å². The van der Waals surface area contributed by atoms with Crippen LogP contribution in [0.5, 0.6) is 0 Å². The summed E-state index contributed by atoms with van der Waals surface area (Å²) in [6, 6.07) is 12.4. The van der Waals surface area contributed by atoms with Crippen LogP contribution in [0.15, 0.2) is 57.8 Å². The summed E-state index contributed by atoms with van der Waals surface area (Å²) in [5.41, 5.74) is 7.05. The van der Waals surface area contributed by atoms with Crippen molar-refractivity contribution in [3.8, 4) is 0 Å². The van der Waals surface area contributed by atoms with Gasteiger partial charge in [0.2, 0.25) is 0 Å². The van der Waals surface area contributed by atoms with Gasteiger partial charge in [0.15, 0.2) is 0 Å². The molecule has 0 aliphatic rings. The third-order valence-electron chi connectivity index (χ3n) is 4.22. The molecule has 4 rings (SSSR count). The summed E-state index contributed by atoms with van der Waals surface area (Å²) in [6.45, 7) is 4.18. The van der Waals surface area contributed by atoms with Gasteiger partial charge in [0.1, 0.15) is 11.2 Å². The van der Waals surface area contributed by atoms with Crippen LogP contribution in [0.4, 0.5) is 0 Å². The van der Waals surface area contributed by atoms with E-state index in [0.29, 0.717) is 0 Å².